The number of carbonyl (C=O) groups excluding carboxylic acids is 2. The Bertz CT molecular complexity index is 785. The Balaban J connectivity index is 1.71. The van der Waals surface area contributed by atoms with Gasteiger partial charge in [0.25, 0.3) is 0 Å². The number of benzene rings is 2. The maximum Gasteiger partial charge on any atom is 0.227 e. The molecule has 0 heterocycles. The number of rotatable bonds is 7. The molecule has 2 aromatic carbocycles. The van der Waals surface area contributed by atoms with Gasteiger partial charge in [0.05, 0.1) is 13.0 Å². The predicted molar refractivity (Wildman–Crippen MR) is 99.2 cm³/mol. The van der Waals surface area contributed by atoms with E-state index in [0.717, 1.165) is 29.7 Å². The first-order chi connectivity index (χ1) is 12.5. The lowest BCUT2D eigenvalue weighted by atomic mass is 10.1. The lowest BCUT2D eigenvalue weighted by Crippen LogP contribution is -2.29. The van der Waals surface area contributed by atoms with Gasteiger partial charge in [0.1, 0.15) is 5.82 Å². The number of carbonyl (C=O) groups is 2. The first-order valence-corrected chi connectivity index (χ1v) is 8.98. The van der Waals surface area contributed by atoms with Crippen LogP contribution in [0.25, 0.3) is 0 Å². The summed E-state index contributed by atoms with van der Waals surface area (Å²) < 4.78 is 13.4. The van der Waals surface area contributed by atoms with E-state index in [1.165, 1.54) is 12.1 Å². The highest BCUT2D eigenvalue weighted by Crippen LogP contribution is 2.21. The van der Waals surface area contributed by atoms with Crippen LogP contribution in [0.3, 0.4) is 0 Å². The van der Waals surface area contributed by atoms with E-state index in [2.05, 4.69) is 5.32 Å². The lowest BCUT2D eigenvalue weighted by Gasteiger charge is -2.23. The summed E-state index contributed by atoms with van der Waals surface area (Å²) in [5.74, 6) is -0.321. The number of hydrogen-bond acceptors (Lipinski definition) is 2. The number of hydrogen-bond donors (Lipinski definition) is 1. The molecule has 4 nitrogen and oxygen atoms in total. The number of nitrogens with zero attached hydrogens (tertiary/aromatic N) is 1. The maximum absolute atomic E-state index is 13.4. The summed E-state index contributed by atoms with van der Waals surface area (Å²) in [5, 5.41) is 2.97. The van der Waals surface area contributed by atoms with Crippen LogP contribution in [0.15, 0.2) is 48.5 Å². The molecule has 2 aromatic rings. The quantitative estimate of drug-likeness (QED) is 0.826. The van der Waals surface area contributed by atoms with Crippen molar-refractivity contribution in [2.75, 3.05) is 4.90 Å². The molecular formula is C21H23FN2O2. The fraction of sp³-hybridized carbons (Fsp3) is 0.333. The Hall–Kier alpha value is -2.69. The van der Waals surface area contributed by atoms with Crippen LogP contribution < -0.4 is 10.2 Å². The standard InChI is InChI=1S/C21H23FN2O2/c1-2-21(26)24(14-16-4-3-5-17(22)12-16)19-10-6-15(7-11-19)13-20(25)23-18-8-9-18/h3-7,10-12,18H,2,8-9,13-14H2,1H3,(H,23,25). The number of halogens is 1. The predicted octanol–water partition coefficient (Wildman–Crippen LogP) is 3.59. The molecule has 1 saturated carbocycles. The molecule has 0 unspecified atom stereocenters. The van der Waals surface area contributed by atoms with Crippen molar-refractivity contribution in [2.45, 2.75) is 45.2 Å². The van der Waals surface area contributed by atoms with Gasteiger partial charge in [-0.15, -0.1) is 0 Å². The number of nitrogens with one attached hydrogen (secondary N) is 1. The number of amides is 2. The van der Waals surface area contributed by atoms with Gasteiger partial charge in [-0.05, 0) is 48.2 Å². The van der Waals surface area contributed by atoms with Crippen LogP contribution in [0.4, 0.5) is 10.1 Å². The molecule has 2 amide bonds. The van der Waals surface area contributed by atoms with Gasteiger partial charge in [-0.25, -0.2) is 4.39 Å². The molecule has 5 heteroatoms. The number of anilines is 1. The lowest BCUT2D eigenvalue weighted by molar-refractivity contribution is -0.120. The van der Waals surface area contributed by atoms with E-state index in [9.17, 15) is 14.0 Å². The molecule has 26 heavy (non-hydrogen) atoms. The van der Waals surface area contributed by atoms with Crippen molar-refractivity contribution in [2.24, 2.45) is 0 Å². The molecule has 0 saturated heterocycles. The minimum absolute atomic E-state index is 0.0292. The summed E-state index contributed by atoms with van der Waals surface area (Å²) in [7, 11) is 0. The van der Waals surface area contributed by atoms with Gasteiger partial charge in [-0.3, -0.25) is 9.59 Å². The monoisotopic (exact) mass is 354 g/mol. The SMILES string of the molecule is CCC(=O)N(Cc1cccc(F)c1)c1ccc(CC(=O)NC2CC2)cc1. The summed E-state index contributed by atoms with van der Waals surface area (Å²) in [6.07, 6.45) is 2.83. The van der Waals surface area contributed by atoms with E-state index >= 15 is 0 Å². The minimum atomic E-state index is -0.316. The highest BCUT2D eigenvalue weighted by Gasteiger charge is 2.23. The topological polar surface area (TPSA) is 49.4 Å². The third-order valence-corrected chi connectivity index (χ3v) is 4.39. The van der Waals surface area contributed by atoms with E-state index < -0.39 is 0 Å². The first-order valence-electron chi connectivity index (χ1n) is 8.98. The van der Waals surface area contributed by atoms with E-state index in [0.29, 0.717) is 25.4 Å². The van der Waals surface area contributed by atoms with E-state index in [1.54, 1.807) is 24.0 Å². The Morgan fingerprint density at radius 3 is 2.46 bits per heavy atom. The zero-order valence-corrected chi connectivity index (χ0v) is 14.9. The van der Waals surface area contributed by atoms with E-state index in [4.69, 9.17) is 0 Å². The second-order valence-electron chi connectivity index (χ2n) is 6.65. The normalized spacial score (nSPS) is 13.3. The molecular weight excluding hydrogens is 331 g/mol. The van der Waals surface area contributed by atoms with Crippen molar-refractivity contribution in [3.05, 3.63) is 65.5 Å². The van der Waals surface area contributed by atoms with Gasteiger partial charge in [-0.1, -0.05) is 31.2 Å². The smallest absolute Gasteiger partial charge is 0.227 e. The minimum Gasteiger partial charge on any atom is -0.353 e. The fourth-order valence-electron chi connectivity index (χ4n) is 2.82. The van der Waals surface area contributed by atoms with Crippen molar-refractivity contribution in [3.8, 4) is 0 Å². The van der Waals surface area contributed by atoms with Crippen LogP contribution in [-0.2, 0) is 22.6 Å². The Labute approximate surface area is 153 Å². The highest BCUT2D eigenvalue weighted by atomic mass is 19.1. The molecule has 0 atom stereocenters. The summed E-state index contributed by atoms with van der Waals surface area (Å²) in [4.78, 5) is 25.9. The van der Waals surface area contributed by atoms with Crippen LogP contribution in [0, 0.1) is 5.82 Å². The van der Waals surface area contributed by atoms with Crippen molar-refractivity contribution >= 4 is 17.5 Å². The second kappa shape index (κ2) is 8.13. The van der Waals surface area contributed by atoms with E-state index in [-0.39, 0.29) is 17.6 Å². The zero-order chi connectivity index (χ0) is 18.5. The maximum atomic E-state index is 13.4. The molecule has 136 valence electrons. The Morgan fingerprint density at radius 1 is 1.12 bits per heavy atom. The molecule has 3 rings (SSSR count). The van der Waals surface area contributed by atoms with Crippen molar-refractivity contribution in [3.63, 3.8) is 0 Å². The van der Waals surface area contributed by atoms with Crippen LogP contribution in [0.5, 0.6) is 0 Å². The Morgan fingerprint density at radius 2 is 1.85 bits per heavy atom. The van der Waals surface area contributed by atoms with Crippen molar-refractivity contribution < 1.29 is 14.0 Å². The molecule has 0 aliphatic heterocycles. The molecule has 0 spiro atoms. The largest absolute Gasteiger partial charge is 0.353 e. The molecule has 0 radical (unpaired) electrons. The summed E-state index contributed by atoms with van der Waals surface area (Å²) in [5.41, 5.74) is 2.38. The second-order valence-corrected chi connectivity index (χ2v) is 6.65. The van der Waals surface area contributed by atoms with Crippen molar-refractivity contribution in [1.82, 2.24) is 5.32 Å². The first kappa shape index (κ1) is 18.1. The van der Waals surface area contributed by atoms with Crippen molar-refractivity contribution in [1.29, 1.82) is 0 Å². The molecule has 0 bridgehead atoms. The summed E-state index contributed by atoms with van der Waals surface area (Å²) in [6.45, 7) is 2.11. The third kappa shape index (κ3) is 4.91. The van der Waals surface area contributed by atoms with Gasteiger partial charge >= 0.3 is 0 Å². The Kier molecular flexibility index (Phi) is 5.66. The van der Waals surface area contributed by atoms with Gasteiger partial charge in [0.2, 0.25) is 11.8 Å². The van der Waals surface area contributed by atoms with Crippen LogP contribution >= 0.6 is 0 Å². The average molecular weight is 354 g/mol. The van der Waals surface area contributed by atoms with Gasteiger partial charge < -0.3 is 10.2 Å². The van der Waals surface area contributed by atoms with E-state index in [1.807, 2.05) is 24.3 Å². The summed E-state index contributed by atoms with van der Waals surface area (Å²) in [6, 6.07) is 14.0. The van der Waals surface area contributed by atoms with Crippen LogP contribution in [-0.4, -0.2) is 17.9 Å². The molecule has 1 aliphatic rings. The molecule has 0 aromatic heterocycles. The van der Waals surface area contributed by atoms with Gasteiger partial charge in [0, 0.05) is 18.2 Å². The summed E-state index contributed by atoms with van der Waals surface area (Å²) >= 11 is 0. The fourth-order valence-corrected chi connectivity index (χ4v) is 2.82. The average Bonchev–Trinajstić information content (AvgIpc) is 3.44. The third-order valence-electron chi connectivity index (χ3n) is 4.39. The van der Waals surface area contributed by atoms with Gasteiger partial charge in [-0.2, -0.15) is 0 Å². The highest BCUT2D eigenvalue weighted by molar-refractivity contribution is 5.93. The molecule has 1 N–H and O–H groups in total. The molecule has 1 fully saturated rings. The zero-order valence-electron chi connectivity index (χ0n) is 14.9. The van der Waals surface area contributed by atoms with Gasteiger partial charge in [0.15, 0.2) is 0 Å². The van der Waals surface area contributed by atoms with Crippen LogP contribution in [0.1, 0.15) is 37.3 Å². The molecule has 1 aliphatic carbocycles. The van der Waals surface area contributed by atoms with Crippen LogP contribution in [0.2, 0.25) is 0 Å².